The van der Waals surface area contributed by atoms with Crippen LogP contribution < -0.4 is 10.5 Å². The van der Waals surface area contributed by atoms with Gasteiger partial charge < -0.3 is 10.5 Å². The molecular weight excluding hydrogens is 246 g/mol. The van der Waals surface area contributed by atoms with Crippen molar-refractivity contribution in [2.24, 2.45) is 11.1 Å². The highest BCUT2D eigenvalue weighted by molar-refractivity contribution is 5.42. The second-order valence-corrected chi connectivity index (χ2v) is 6.54. The van der Waals surface area contributed by atoms with Crippen molar-refractivity contribution in [3.63, 3.8) is 0 Å². The van der Waals surface area contributed by atoms with Gasteiger partial charge in [-0.1, -0.05) is 44.9 Å². The van der Waals surface area contributed by atoms with Crippen molar-refractivity contribution < 1.29 is 4.74 Å². The topological polar surface area (TPSA) is 35.2 Å². The third-order valence-corrected chi connectivity index (χ3v) is 5.06. The quantitative estimate of drug-likeness (QED) is 0.806. The molecule has 1 saturated carbocycles. The fourth-order valence-electron chi connectivity index (χ4n) is 4.45. The molecule has 2 nitrogen and oxygen atoms in total. The molecule has 1 aliphatic carbocycles. The van der Waals surface area contributed by atoms with E-state index in [1.807, 2.05) is 6.07 Å². The molecular formula is C18H29NO. The Morgan fingerprint density at radius 3 is 2.20 bits per heavy atom. The molecule has 20 heavy (non-hydrogen) atoms. The summed E-state index contributed by atoms with van der Waals surface area (Å²) >= 11 is 0. The third kappa shape index (κ3) is 2.58. The molecule has 0 spiro atoms. The number of hydrogen-bond acceptors (Lipinski definition) is 2. The van der Waals surface area contributed by atoms with Gasteiger partial charge in [-0.25, -0.2) is 0 Å². The summed E-state index contributed by atoms with van der Waals surface area (Å²) in [7, 11) is 1.76. The van der Waals surface area contributed by atoms with E-state index in [4.69, 9.17) is 10.5 Å². The average molecular weight is 275 g/mol. The van der Waals surface area contributed by atoms with E-state index in [9.17, 15) is 0 Å². The van der Waals surface area contributed by atoms with E-state index in [2.05, 4.69) is 32.0 Å². The molecule has 0 radical (unpaired) electrons. The summed E-state index contributed by atoms with van der Waals surface area (Å²) in [5.41, 5.74) is 8.15. The molecule has 1 aliphatic rings. The van der Waals surface area contributed by atoms with Gasteiger partial charge in [-0.15, -0.1) is 0 Å². The van der Waals surface area contributed by atoms with E-state index >= 15 is 0 Å². The van der Waals surface area contributed by atoms with Gasteiger partial charge in [0.05, 0.1) is 7.11 Å². The van der Waals surface area contributed by atoms with Crippen molar-refractivity contribution in [1.82, 2.24) is 0 Å². The van der Waals surface area contributed by atoms with E-state index in [0.717, 1.165) is 12.3 Å². The standard InChI is InChI=1S/C18H29NO/c1-4-10-17(11-5-2)12-18(13-17,14-19)15-8-6-7-9-16(15)20-3/h6-9H,4-5,10-14,19H2,1-3H3. The monoisotopic (exact) mass is 275 g/mol. The molecule has 0 aliphatic heterocycles. The van der Waals surface area contributed by atoms with E-state index in [1.165, 1.54) is 44.1 Å². The van der Waals surface area contributed by atoms with Gasteiger partial charge in [-0.3, -0.25) is 0 Å². The molecule has 2 heteroatoms. The van der Waals surface area contributed by atoms with E-state index in [1.54, 1.807) is 7.11 Å². The summed E-state index contributed by atoms with van der Waals surface area (Å²) in [5.74, 6) is 1.000. The van der Waals surface area contributed by atoms with Crippen LogP contribution in [-0.2, 0) is 5.41 Å². The van der Waals surface area contributed by atoms with Gasteiger partial charge in [0.25, 0.3) is 0 Å². The summed E-state index contributed by atoms with van der Waals surface area (Å²) < 4.78 is 5.56. The SMILES string of the molecule is CCCC1(CCC)CC(CN)(c2ccccc2OC)C1. The molecule has 112 valence electrons. The second-order valence-electron chi connectivity index (χ2n) is 6.54. The van der Waals surface area contributed by atoms with Crippen molar-refractivity contribution in [3.05, 3.63) is 29.8 Å². The number of para-hydroxylation sites is 1. The zero-order chi connectivity index (χ0) is 14.6. The summed E-state index contributed by atoms with van der Waals surface area (Å²) in [6.45, 7) is 5.31. The van der Waals surface area contributed by atoms with Crippen LogP contribution in [0.2, 0.25) is 0 Å². The maximum absolute atomic E-state index is 6.18. The van der Waals surface area contributed by atoms with Crippen LogP contribution in [0.4, 0.5) is 0 Å². The maximum Gasteiger partial charge on any atom is 0.122 e. The Labute approximate surface area is 123 Å². The van der Waals surface area contributed by atoms with Gasteiger partial charge in [0.15, 0.2) is 0 Å². The van der Waals surface area contributed by atoms with Gasteiger partial charge >= 0.3 is 0 Å². The van der Waals surface area contributed by atoms with E-state index < -0.39 is 0 Å². The Morgan fingerprint density at radius 1 is 1.10 bits per heavy atom. The zero-order valence-electron chi connectivity index (χ0n) is 13.2. The number of hydrogen-bond donors (Lipinski definition) is 1. The second kappa shape index (κ2) is 6.17. The lowest BCUT2D eigenvalue weighted by Gasteiger charge is -2.57. The van der Waals surface area contributed by atoms with Crippen molar-refractivity contribution in [2.75, 3.05) is 13.7 Å². The fraction of sp³-hybridized carbons (Fsp3) is 0.667. The third-order valence-electron chi connectivity index (χ3n) is 5.06. The minimum Gasteiger partial charge on any atom is -0.496 e. The summed E-state index contributed by atoms with van der Waals surface area (Å²) in [6, 6.07) is 8.41. The van der Waals surface area contributed by atoms with Crippen LogP contribution in [0, 0.1) is 5.41 Å². The molecule has 0 bridgehead atoms. The molecule has 0 heterocycles. The first-order valence-electron chi connectivity index (χ1n) is 7.99. The van der Waals surface area contributed by atoms with Gasteiger partial charge in [0.2, 0.25) is 0 Å². The first kappa shape index (κ1) is 15.4. The van der Waals surface area contributed by atoms with E-state index in [0.29, 0.717) is 5.41 Å². The van der Waals surface area contributed by atoms with Crippen molar-refractivity contribution >= 4 is 0 Å². The van der Waals surface area contributed by atoms with Crippen LogP contribution >= 0.6 is 0 Å². The fourth-order valence-corrected chi connectivity index (χ4v) is 4.45. The first-order valence-corrected chi connectivity index (χ1v) is 7.99. The predicted octanol–water partition coefficient (Wildman–Crippen LogP) is 4.27. The minimum absolute atomic E-state index is 0.136. The molecule has 0 saturated heterocycles. The van der Waals surface area contributed by atoms with Gasteiger partial charge in [-0.2, -0.15) is 0 Å². The van der Waals surface area contributed by atoms with Crippen LogP contribution in [0.3, 0.4) is 0 Å². The molecule has 0 amide bonds. The summed E-state index contributed by atoms with van der Waals surface area (Å²) in [5, 5.41) is 0. The van der Waals surface area contributed by atoms with Gasteiger partial charge in [-0.05, 0) is 37.2 Å². The highest BCUT2D eigenvalue weighted by Crippen LogP contribution is 2.61. The number of nitrogens with two attached hydrogens (primary N) is 1. The molecule has 2 N–H and O–H groups in total. The zero-order valence-corrected chi connectivity index (χ0v) is 13.2. The number of methoxy groups -OCH3 is 1. The molecule has 0 unspecified atom stereocenters. The lowest BCUT2D eigenvalue weighted by molar-refractivity contribution is 0.00660. The predicted molar refractivity (Wildman–Crippen MR) is 85.2 cm³/mol. The summed E-state index contributed by atoms with van der Waals surface area (Å²) in [4.78, 5) is 0. The first-order chi connectivity index (χ1) is 9.65. The van der Waals surface area contributed by atoms with Crippen LogP contribution in [0.25, 0.3) is 0 Å². The minimum atomic E-state index is 0.136. The number of rotatable bonds is 7. The highest BCUT2D eigenvalue weighted by Gasteiger charge is 2.54. The normalized spacial score (nSPS) is 19.4. The Morgan fingerprint density at radius 2 is 1.70 bits per heavy atom. The number of ether oxygens (including phenoxy) is 1. The molecule has 0 atom stereocenters. The van der Waals surface area contributed by atoms with Crippen molar-refractivity contribution in [1.29, 1.82) is 0 Å². The molecule has 2 rings (SSSR count). The average Bonchev–Trinajstić information content (AvgIpc) is 2.44. The Kier molecular flexibility index (Phi) is 4.74. The lowest BCUT2D eigenvalue weighted by atomic mass is 9.48. The van der Waals surface area contributed by atoms with Gasteiger partial charge in [0, 0.05) is 17.5 Å². The smallest absolute Gasteiger partial charge is 0.122 e. The largest absolute Gasteiger partial charge is 0.496 e. The van der Waals surface area contributed by atoms with Gasteiger partial charge in [0.1, 0.15) is 5.75 Å². The van der Waals surface area contributed by atoms with Crippen LogP contribution in [0.1, 0.15) is 57.9 Å². The van der Waals surface area contributed by atoms with E-state index in [-0.39, 0.29) is 5.41 Å². The van der Waals surface area contributed by atoms with Crippen LogP contribution in [0.15, 0.2) is 24.3 Å². The van der Waals surface area contributed by atoms with Crippen LogP contribution in [-0.4, -0.2) is 13.7 Å². The lowest BCUT2D eigenvalue weighted by Crippen LogP contribution is -2.54. The van der Waals surface area contributed by atoms with Crippen LogP contribution in [0.5, 0.6) is 5.75 Å². The molecule has 0 aromatic heterocycles. The Bertz CT molecular complexity index is 427. The highest BCUT2D eigenvalue weighted by atomic mass is 16.5. The summed E-state index contributed by atoms with van der Waals surface area (Å²) in [6.07, 6.45) is 7.64. The molecule has 1 aromatic carbocycles. The molecule has 1 aromatic rings. The number of benzene rings is 1. The van der Waals surface area contributed by atoms with Crippen molar-refractivity contribution in [2.45, 2.75) is 57.8 Å². The van der Waals surface area contributed by atoms with Crippen molar-refractivity contribution in [3.8, 4) is 5.75 Å². The Balaban J connectivity index is 2.25. The maximum atomic E-state index is 6.18. The molecule has 1 fully saturated rings. The Hall–Kier alpha value is -1.02.